The molecule has 1 aromatic heterocycles. The molecule has 37 heavy (non-hydrogen) atoms. The Hall–Kier alpha value is -3.98. The minimum absolute atomic E-state index is 0.0643. The Bertz CT molecular complexity index is 1280. The van der Waals surface area contributed by atoms with Gasteiger partial charge in [-0.25, -0.2) is 0 Å². The summed E-state index contributed by atoms with van der Waals surface area (Å²) in [5.41, 5.74) is 1.48. The molecule has 0 radical (unpaired) electrons. The molecule has 3 aromatic carbocycles. The molecular weight excluding hydrogens is 483 g/mol. The van der Waals surface area contributed by atoms with Gasteiger partial charge < -0.3 is 14.2 Å². The van der Waals surface area contributed by atoms with Gasteiger partial charge in [-0.05, 0) is 29.7 Å². The molecule has 0 bridgehead atoms. The van der Waals surface area contributed by atoms with Gasteiger partial charge in [-0.15, -0.1) is 0 Å². The summed E-state index contributed by atoms with van der Waals surface area (Å²) in [5, 5.41) is 3.83. The second-order valence-corrected chi connectivity index (χ2v) is 8.44. The van der Waals surface area contributed by atoms with Crippen LogP contribution in [0.1, 0.15) is 22.6 Å². The minimum Gasteiger partial charge on any atom is -0.367 e. The maximum Gasteiger partial charge on any atom is 0.416 e. The summed E-state index contributed by atoms with van der Waals surface area (Å²) in [5.74, 6) is 0.120. The van der Waals surface area contributed by atoms with Crippen molar-refractivity contribution in [2.24, 2.45) is 0 Å². The highest BCUT2D eigenvalue weighted by Gasteiger charge is 2.30. The van der Waals surface area contributed by atoms with Crippen molar-refractivity contribution in [1.82, 2.24) is 15.0 Å². The molecule has 192 valence electrons. The lowest BCUT2D eigenvalue weighted by Gasteiger charge is -2.22. The zero-order valence-electron chi connectivity index (χ0n) is 20.0. The fraction of sp³-hybridized carbons (Fsp3) is 0.250. The summed E-state index contributed by atoms with van der Waals surface area (Å²) < 4.78 is 50.0. The smallest absolute Gasteiger partial charge is 0.367 e. The molecule has 1 heterocycles. The van der Waals surface area contributed by atoms with Crippen LogP contribution in [-0.2, 0) is 35.2 Å². The topological polar surface area (TPSA) is 68.5 Å². The van der Waals surface area contributed by atoms with Crippen LogP contribution in [0, 0.1) is 0 Å². The van der Waals surface area contributed by atoms with Crippen LogP contribution in [0.2, 0.25) is 0 Å². The molecule has 1 amide bonds. The van der Waals surface area contributed by atoms with Crippen molar-refractivity contribution in [2.45, 2.75) is 25.6 Å². The van der Waals surface area contributed by atoms with E-state index in [1.165, 1.54) is 12.1 Å². The van der Waals surface area contributed by atoms with Crippen LogP contribution in [0.15, 0.2) is 89.5 Å². The van der Waals surface area contributed by atoms with Crippen molar-refractivity contribution < 1.29 is 27.2 Å². The number of amides is 1. The number of hydrogen-bond donors (Lipinski definition) is 0. The van der Waals surface area contributed by atoms with Crippen LogP contribution in [0.3, 0.4) is 0 Å². The molecule has 0 aliphatic carbocycles. The van der Waals surface area contributed by atoms with Gasteiger partial charge in [0.05, 0.1) is 12.2 Å². The first-order chi connectivity index (χ1) is 17.9. The number of aromatic nitrogens is 2. The lowest BCUT2D eigenvalue weighted by molar-refractivity contribution is -0.138. The zero-order chi connectivity index (χ0) is 26.1. The molecule has 0 aliphatic heterocycles. The van der Waals surface area contributed by atoms with Crippen LogP contribution in [0.5, 0.6) is 0 Å². The molecule has 0 saturated carbocycles. The van der Waals surface area contributed by atoms with Crippen LogP contribution < -0.4 is 0 Å². The molecule has 0 unspecified atom stereocenters. The van der Waals surface area contributed by atoms with E-state index in [-0.39, 0.29) is 36.2 Å². The van der Waals surface area contributed by atoms with Crippen LogP contribution in [0.25, 0.3) is 11.4 Å². The SMILES string of the molecule is O=C(COCc1ccccc1)N(CCc1ccccc1)CCc1nc(-c2cccc(C(F)(F)F)c2)no1. The highest BCUT2D eigenvalue weighted by atomic mass is 19.4. The number of carbonyl (C=O) groups excluding carboxylic acids is 1. The predicted octanol–water partition coefficient (Wildman–Crippen LogP) is 5.59. The van der Waals surface area contributed by atoms with E-state index in [1.807, 2.05) is 60.7 Å². The van der Waals surface area contributed by atoms with E-state index in [4.69, 9.17) is 9.26 Å². The maximum absolute atomic E-state index is 13.0. The van der Waals surface area contributed by atoms with Gasteiger partial charge in [0.2, 0.25) is 17.6 Å². The van der Waals surface area contributed by atoms with Crippen LogP contribution in [-0.4, -0.2) is 40.6 Å². The number of carbonyl (C=O) groups is 1. The van der Waals surface area contributed by atoms with Crippen molar-refractivity contribution in [3.05, 3.63) is 108 Å². The van der Waals surface area contributed by atoms with Crippen molar-refractivity contribution in [1.29, 1.82) is 0 Å². The third-order valence-corrected chi connectivity index (χ3v) is 5.71. The number of rotatable bonds is 11. The minimum atomic E-state index is -4.47. The Morgan fingerprint density at radius 3 is 2.24 bits per heavy atom. The molecule has 6 nitrogen and oxygen atoms in total. The van der Waals surface area contributed by atoms with E-state index in [2.05, 4.69) is 10.1 Å². The average Bonchev–Trinajstić information content (AvgIpc) is 3.38. The van der Waals surface area contributed by atoms with Gasteiger partial charge in [-0.2, -0.15) is 18.2 Å². The normalized spacial score (nSPS) is 11.4. The predicted molar refractivity (Wildman–Crippen MR) is 131 cm³/mol. The maximum atomic E-state index is 13.0. The standard InChI is InChI=1S/C28H26F3N3O3/c29-28(30,31)24-13-7-12-23(18-24)27-32-25(37-33-27)15-17-34(16-14-21-8-3-1-4-9-21)26(35)20-36-19-22-10-5-2-6-11-22/h1-13,18H,14-17,19-20H2. The highest BCUT2D eigenvalue weighted by Crippen LogP contribution is 2.31. The Morgan fingerprint density at radius 2 is 1.54 bits per heavy atom. The Labute approximate surface area is 212 Å². The van der Waals surface area contributed by atoms with Gasteiger partial charge >= 0.3 is 6.18 Å². The Morgan fingerprint density at radius 1 is 0.865 bits per heavy atom. The molecule has 9 heteroatoms. The largest absolute Gasteiger partial charge is 0.416 e. The second kappa shape index (κ2) is 12.3. The molecular formula is C28H26F3N3O3. The van der Waals surface area contributed by atoms with Crippen LogP contribution in [0.4, 0.5) is 13.2 Å². The summed E-state index contributed by atoms with van der Waals surface area (Å²) >= 11 is 0. The van der Waals surface area contributed by atoms with E-state index in [9.17, 15) is 18.0 Å². The van der Waals surface area contributed by atoms with Gasteiger partial charge in [-0.3, -0.25) is 4.79 Å². The van der Waals surface area contributed by atoms with E-state index in [0.717, 1.165) is 23.3 Å². The van der Waals surface area contributed by atoms with Gasteiger partial charge in [0.1, 0.15) is 6.61 Å². The van der Waals surface area contributed by atoms with E-state index in [0.29, 0.717) is 26.1 Å². The third-order valence-electron chi connectivity index (χ3n) is 5.71. The quantitative estimate of drug-likeness (QED) is 0.264. The molecule has 0 atom stereocenters. The van der Waals surface area contributed by atoms with Crippen molar-refractivity contribution in [3.63, 3.8) is 0 Å². The second-order valence-electron chi connectivity index (χ2n) is 8.44. The summed E-state index contributed by atoms with van der Waals surface area (Å²) in [7, 11) is 0. The van der Waals surface area contributed by atoms with Gasteiger partial charge in [0.25, 0.3) is 0 Å². The molecule has 4 rings (SSSR count). The van der Waals surface area contributed by atoms with E-state index < -0.39 is 11.7 Å². The first kappa shape index (κ1) is 26.1. The number of benzene rings is 3. The fourth-order valence-electron chi connectivity index (χ4n) is 3.73. The molecule has 0 N–H and O–H groups in total. The van der Waals surface area contributed by atoms with Crippen molar-refractivity contribution in [3.8, 4) is 11.4 Å². The lowest BCUT2D eigenvalue weighted by Crippen LogP contribution is -2.37. The number of nitrogens with zero attached hydrogens (tertiary/aromatic N) is 3. The van der Waals surface area contributed by atoms with E-state index in [1.54, 1.807) is 4.90 Å². The molecule has 0 aliphatic rings. The lowest BCUT2D eigenvalue weighted by atomic mass is 10.1. The molecule has 0 saturated heterocycles. The summed E-state index contributed by atoms with van der Waals surface area (Å²) in [6, 6.07) is 24.1. The monoisotopic (exact) mass is 509 g/mol. The van der Waals surface area contributed by atoms with E-state index >= 15 is 0 Å². The highest BCUT2D eigenvalue weighted by molar-refractivity contribution is 5.77. The summed E-state index contributed by atoms with van der Waals surface area (Å²) in [6.07, 6.45) is -3.56. The number of halogens is 3. The zero-order valence-corrected chi connectivity index (χ0v) is 20.0. The third kappa shape index (κ3) is 7.75. The number of hydrogen-bond acceptors (Lipinski definition) is 5. The first-order valence-corrected chi connectivity index (χ1v) is 11.8. The number of ether oxygens (including phenoxy) is 1. The fourth-order valence-corrected chi connectivity index (χ4v) is 3.73. The molecule has 0 spiro atoms. The summed E-state index contributed by atoms with van der Waals surface area (Å²) in [6.45, 7) is 1.00. The van der Waals surface area contributed by atoms with Crippen LogP contribution >= 0.6 is 0 Å². The Kier molecular flexibility index (Phi) is 8.68. The average molecular weight is 510 g/mol. The first-order valence-electron chi connectivity index (χ1n) is 11.8. The van der Waals surface area contributed by atoms with Crippen molar-refractivity contribution >= 4 is 5.91 Å². The summed E-state index contributed by atoms with van der Waals surface area (Å²) in [4.78, 5) is 18.9. The van der Waals surface area contributed by atoms with Gasteiger partial charge in [0.15, 0.2) is 0 Å². The Balaban J connectivity index is 1.38. The van der Waals surface area contributed by atoms with Gasteiger partial charge in [-0.1, -0.05) is 78.0 Å². The number of alkyl halides is 3. The van der Waals surface area contributed by atoms with Gasteiger partial charge in [0, 0.05) is 25.1 Å². The molecule has 4 aromatic rings. The molecule has 0 fully saturated rings. The van der Waals surface area contributed by atoms with Crippen molar-refractivity contribution in [2.75, 3.05) is 19.7 Å².